The molecule has 0 radical (unpaired) electrons. The second-order valence-corrected chi connectivity index (χ2v) is 7.47. The molecule has 2 aromatic heterocycles. The maximum atomic E-state index is 13.9. The molecule has 2 aromatic carbocycles. The number of rotatable bonds is 7. The zero-order valence-corrected chi connectivity index (χ0v) is 18.2. The van der Waals surface area contributed by atoms with Gasteiger partial charge in [-0.05, 0) is 43.7 Å². The Morgan fingerprint density at radius 1 is 1.18 bits per heavy atom. The Balaban J connectivity index is 1.85. The summed E-state index contributed by atoms with van der Waals surface area (Å²) in [5.74, 6) is -1.77. The van der Waals surface area contributed by atoms with Crippen LogP contribution in [0, 0.1) is 5.82 Å². The SMILES string of the molecule is CCCNC(=O)[C@@H](C)Nc1nc2ccccc2c2nc(-c3cc(F)ccc3OC(F)(F)F)nn12. The van der Waals surface area contributed by atoms with E-state index < -0.39 is 24.0 Å². The van der Waals surface area contributed by atoms with Crippen LogP contribution >= 0.6 is 0 Å². The molecule has 0 saturated carbocycles. The lowest BCUT2D eigenvalue weighted by Gasteiger charge is -2.15. The minimum Gasteiger partial charge on any atom is -0.405 e. The summed E-state index contributed by atoms with van der Waals surface area (Å²) < 4.78 is 58.0. The van der Waals surface area contributed by atoms with Gasteiger partial charge in [-0.25, -0.2) is 14.4 Å². The van der Waals surface area contributed by atoms with E-state index in [0.29, 0.717) is 17.4 Å². The molecule has 4 rings (SSSR count). The summed E-state index contributed by atoms with van der Waals surface area (Å²) in [6.07, 6.45) is -4.23. The van der Waals surface area contributed by atoms with Crippen molar-refractivity contribution in [3.8, 4) is 17.1 Å². The molecular formula is C22H20F4N6O2. The van der Waals surface area contributed by atoms with Gasteiger partial charge in [-0.15, -0.1) is 18.3 Å². The number of halogens is 4. The highest BCUT2D eigenvalue weighted by molar-refractivity contribution is 5.93. The molecule has 0 bridgehead atoms. The van der Waals surface area contributed by atoms with Gasteiger partial charge in [0.25, 0.3) is 0 Å². The highest BCUT2D eigenvalue weighted by atomic mass is 19.4. The first-order valence-corrected chi connectivity index (χ1v) is 10.4. The maximum absolute atomic E-state index is 13.9. The quantitative estimate of drug-likeness (QED) is 0.386. The number of nitrogens with zero attached hydrogens (tertiary/aromatic N) is 4. The van der Waals surface area contributed by atoms with Crippen molar-refractivity contribution in [3.63, 3.8) is 0 Å². The number of carbonyl (C=O) groups excluding carboxylic acids is 1. The van der Waals surface area contributed by atoms with Crippen LogP contribution in [0.25, 0.3) is 27.9 Å². The smallest absolute Gasteiger partial charge is 0.405 e. The fourth-order valence-corrected chi connectivity index (χ4v) is 3.31. The lowest BCUT2D eigenvalue weighted by atomic mass is 10.2. The Bertz CT molecular complexity index is 1350. The second kappa shape index (κ2) is 9.12. The van der Waals surface area contributed by atoms with Crippen molar-refractivity contribution in [1.29, 1.82) is 0 Å². The molecule has 0 aliphatic heterocycles. The van der Waals surface area contributed by atoms with E-state index in [0.717, 1.165) is 24.6 Å². The standard InChI is InChI=1S/C22H20F4N6O2/c1-3-10-27-20(33)12(2)28-21-29-16-7-5-4-6-14(16)19-30-18(31-32(19)21)15-11-13(23)8-9-17(15)34-22(24,25)26/h4-9,11-12H,3,10H2,1-2H3,(H,27,33)(H,28,29)/t12-/m1/s1. The summed E-state index contributed by atoms with van der Waals surface area (Å²) in [4.78, 5) is 21.2. The molecule has 1 atom stereocenters. The van der Waals surface area contributed by atoms with Crippen molar-refractivity contribution in [2.24, 2.45) is 0 Å². The molecule has 0 saturated heterocycles. The number of alkyl halides is 3. The molecule has 178 valence electrons. The van der Waals surface area contributed by atoms with E-state index in [2.05, 4.69) is 30.4 Å². The summed E-state index contributed by atoms with van der Waals surface area (Å²) in [7, 11) is 0. The predicted octanol–water partition coefficient (Wildman–Crippen LogP) is 4.31. The number of para-hydroxylation sites is 1. The van der Waals surface area contributed by atoms with Crippen molar-refractivity contribution in [3.05, 3.63) is 48.3 Å². The fourth-order valence-electron chi connectivity index (χ4n) is 3.31. The first-order valence-electron chi connectivity index (χ1n) is 10.4. The molecule has 0 spiro atoms. The molecular weight excluding hydrogens is 456 g/mol. The average Bonchev–Trinajstić information content (AvgIpc) is 3.23. The molecule has 1 amide bonds. The average molecular weight is 476 g/mol. The van der Waals surface area contributed by atoms with Gasteiger partial charge in [0.15, 0.2) is 11.5 Å². The van der Waals surface area contributed by atoms with Gasteiger partial charge in [0.1, 0.15) is 17.6 Å². The summed E-state index contributed by atoms with van der Waals surface area (Å²) in [5.41, 5.74) is 0.486. The van der Waals surface area contributed by atoms with Crippen LogP contribution in [0.1, 0.15) is 20.3 Å². The molecule has 0 aliphatic carbocycles. The largest absolute Gasteiger partial charge is 0.573 e. The number of fused-ring (bicyclic) bond motifs is 3. The molecule has 2 N–H and O–H groups in total. The summed E-state index contributed by atoms with van der Waals surface area (Å²) in [6.45, 7) is 4.06. The lowest BCUT2D eigenvalue weighted by Crippen LogP contribution is -2.38. The summed E-state index contributed by atoms with van der Waals surface area (Å²) in [5, 5.41) is 10.6. The Hall–Kier alpha value is -3.96. The monoisotopic (exact) mass is 476 g/mol. The van der Waals surface area contributed by atoms with Gasteiger partial charge in [0.05, 0.1) is 11.1 Å². The first kappa shape index (κ1) is 23.2. The van der Waals surface area contributed by atoms with Crippen molar-refractivity contribution < 1.29 is 27.1 Å². The van der Waals surface area contributed by atoms with Crippen molar-refractivity contribution >= 4 is 28.4 Å². The van der Waals surface area contributed by atoms with Gasteiger partial charge < -0.3 is 15.4 Å². The van der Waals surface area contributed by atoms with Crippen LogP contribution in [0.15, 0.2) is 42.5 Å². The molecule has 0 aliphatic rings. The predicted molar refractivity (Wildman–Crippen MR) is 117 cm³/mol. The third-order valence-corrected chi connectivity index (χ3v) is 4.88. The van der Waals surface area contributed by atoms with E-state index >= 15 is 0 Å². The molecule has 0 fully saturated rings. The zero-order valence-electron chi connectivity index (χ0n) is 18.2. The molecule has 0 unspecified atom stereocenters. The lowest BCUT2D eigenvalue weighted by molar-refractivity contribution is -0.274. The number of hydrogen-bond acceptors (Lipinski definition) is 6. The van der Waals surface area contributed by atoms with Crippen molar-refractivity contribution in [1.82, 2.24) is 24.9 Å². The number of anilines is 1. The minimum atomic E-state index is -4.99. The van der Waals surface area contributed by atoms with Gasteiger partial charge in [0, 0.05) is 11.9 Å². The Morgan fingerprint density at radius 3 is 2.68 bits per heavy atom. The highest BCUT2D eigenvalue weighted by Gasteiger charge is 2.33. The number of nitrogens with one attached hydrogen (secondary N) is 2. The minimum absolute atomic E-state index is 0.140. The number of amides is 1. The third kappa shape index (κ3) is 4.85. The Labute approximate surface area is 191 Å². The number of hydrogen-bond donors (Lipinski definition) is 2. The topological polar surface area (TPSA) is 93.4 Å². The first-order chi connectivity index (χ1) is 16.2. The molecule has 34 heavy (non-hydrogen) atoms. The van der Waals surface area contributed by atoms with Crippen molar-refractivity contribution in [2.75, 3.05) is 11.9 Å². The van der Waals surface area contributed by atoms with Crippen LogP contribution in [0.2, 0.25) is 0 Å². The number of carbonyl (C=O) groups is 1. The third-order valence-electron chi connectivity index (χ3n) is 4.88. The van der Waals surface area contributed by atoms with E-state index in [1.165, 1.54) is 4.52 Å². The van der Waals surface area contributed by atoms with Crippen LogP contribution in [0.3, 0.4) is 0 Å². The van der Waals surface area contributed by atoms with Crippen LogP contribution < -0.4 is 15.4 Å². The van der Waals surface area contributed by atoms with Crippen LogP contribution in [0.4, 0.5) is 23.5 Å². The fraction of sp³-hybridized carbons (Fsp3) is 0.273. The van der Waals surface area contributed by atoms with Gasteiger partial charge in [-0.3, -0.25) is 4.79 Å². The second-order valence-electron chi connectivity index (χ2n) is 7.47. The van der Waals surface area contributed by atoms with E-state index in [-0.39, 0.29) is 28.9 Å². The molecule has 2 heterocycles. The van der Waals surface area contributed by atoms with E-state index in [9.17, 15) is 22.4 Å². The van der Waals surface area contributed by atoms with E-state index in [1.54, 1.807) is 31.2 Å². The molecule has 12 heteroatoms. The summed E-state index contributed by atoms with van der Waals surface area (Å²) >= 11 is 0. The van der Waals surface area contributed by atoms with Crippen LogP contribution in [-0.2, 0) is 4.79 Å². The van der Waals surface area contributed by atoms with Gasteiger partial charge >= 0.3 is 6.36 Å². The maximum Gasteiger partial charge on any atom is 0.573 e. The molecule has 4 aromatic rings. The van der Waals surface area contributed by atoms with Crippen molar-refractivity contribution in [2.45, 2.75) is 32.7 Å². The molecule has 8 nitrogen and oxygen atoms in total. The van der Waals surface area contributed by atoms with Gasteiger partial charge in [-0.2, -0.15) is 4.52 Å². The Morgan fingerprint density at radius 2 is 1.94 bits per heavy atom. The zero-order chi connectivity index (χ0) is 24.5. The number of benzene rings is 2. The highest BCUT2D eigenvalue weighted by Crippen LogP contribution is 2.34. The summed E-state index contributed by atoms with van der Waals surface area (Å²) in [6, 6.07) is 8.81. The number of ether oxygens (including phenoxy) is 1. The van der Waals surface area contributed by atoms with E-state index in [4.69, 9.17) is 0 Å². The normalized spacial score (nSPS) is 12.6. The van der Waals surface area contributed by atoms with Crippen LogP contribution in [0.5, 0.6) is 5.75 Å². The van der Waals surface area contributed by atoms with Crippen LogP contribution in [-0.4, -0.2) is 44.4 Å². The van der Waals surface area contributed by atoms with Gasteiger partial charge in [-0.1, -0.05) is 19.1 Å². The van der Waals surface area contributed by atoms with E-state index in [1.807, 2.05) is 6.92 Å². The number of aromatic nitrogens is 4. The van der Waals surface area contributed by atoms with Gasteiger partial charge in [0.2, 0.25) is 11.9 Å². The Kier molecular flexibility index (Phi) is 6.22.